The van der Waals surface area contributed by atoms with E-state index in [1.54, 1.807) is 17.9 Å². The summed E-state index contributed by atoms with van der Waals surface area (Å²) in [4.78, 5) is 0. The second-order valence-corrected chi connectivity index (χ2v) is 4.64. The topological polar surface area (TPSA) is 95.7 Å². The predicted octanol–water partition coefficient (Wildman–Crippen LogP) is 1.30. The first-order chi connectivity index (χ1) is 9.31. The summed E-state index contributed by atoms with van der Waals surface area (Å²) in [5.41, 5.74) is 0. The first-order valence-electron chi connectivity index (χ1n) is 5.51. The molecule has 0 N–H and O–H groups in total. The standard InChI is InChI=1S/C10H10N6O2S/c1-7-11-12-9(18-7)6-19-10-13-14-15-16(10)5-8-3-2-4-17-8/h2-4H,5-6H2,1H3. The highest BCUT2D eigenvalue weighted by Crippen LogP contribution is 2.19. The van der Waals surface area contributed by atoms with Gasteiger partial charge < -0.3 is 8.83 Å². The molecule has 0 saturated carbocycles. The summed E-state index contributed by atoms with van der Waals surface area (Å²) in [6, 6.07) is 3.70. The van der Waals surface area contributed by atoms with Gasteiger partial charge in [-0.3, -0.25) is 0 Å². The van der Waals surface area contributed by atoms with Crippen molar-refractivity contribution in [2.75, 3.05) is 0 Å². The minimum Gasteiger partial charge on any atom is -0.467 e. The van der Waals surface area contributed by atoms with E-state index in [9.17, 15) is 0 Å². The molecule has 0 bridgehead atoms. The molecule has 0 unspecified atom stereocenters. The highest BCUT2D eigenvalue weighted by atomic mass is 32.2. The van der Waals surface area contributed by atoms with E-state index in [-0.39, 0.29) is 0 Å². The molecular formula is C10H10N6O2S. The Labute approximate surface area is 112 Å². The number of furan rings is 1. The van der Waals surface area contributed by atoms with Crippen molar-refractivity contribution in [2.24, 2.45) is 0 Å². The van der Waals surface area contributed by atoms with Gasteiger partial charge >= 0.3 is 0 Å². The number of tetrazole rings is 1. The average Bonchev–Trinajstić information content (AvgIpc) is 3.10. The van der Waals surface area contributed by atoms with Gasteiger partial charge in [-0.1, -0.05) is 11.8 Å². The molecule has 8 nitrogen and oxygen atoms in total. The van der Waals surface area contributed by atoms with E-state index in [1.165, 1.54) is 11.8 Å². The quantitative estimate of drug-likeness (QED) is 0.644. The van der Waals surface area contributed by atoms with E-state index < -0.39 is 0 Å². The zero-order valence-electron chi connectivity index (χ0n) is 10.1. The Balaban J connectivity index is 1.66. The van der Waals surface area contributed by atoms with Crippen LogP contribution in [0.2, 0.25) is 0 Å². The molecule has 0 amide bonds. The summed E-state index contributed by atoms with van der Waals surface area (Å²) in [6.45, 7) is 2.24. The molecule has 3 heterocycles. The highest BCUT2D eigenvalue weighted by molar-refractivity contribution is 7.98. The number of aromatic nitrogens is 6. The third-order valence-corrected chi connectivity index (χ3v) is 3.22. The van der Waals surface area contributed by atoms with E-state index in [2.05, 4.69) is 25.7 Å². The lowest BCUT2D eigenvalue weighted by molar-refractivity contribution is 0.462. The molecule has 0 aliphatic heterocycles. The highest BCUT2D eigenvalue weighted by Gasteiger charge is 2.11. The van der Waals surface area contributed by atoms with Crippen molar-refractivity contribution in [3.63, 3.8) is 0 Å². The molecule has 19 heavy (non-hydrogen) atoms. The molecule has 0 atom stereocenters. The van der Waals surface area contributed by atoms with Crippen LogP contribution in [0.25, 0.3) is 0 Å². The van der Waals surface area contributed by atoms with E-state index in [1.807, 2.05) is 12.1 Å². The molecule has 3 aromatic rings. The molecule has 98 valence electrons. The van der Waals surface area contributed by atoms with Crippen LogP contribution >= 0.6 is 11.8 Å². The normalized spacial score (nSPS) is 11.0. The van der Waals surface area contributed by atoms with Crippen LogP contribution in [-0.4, -0.2) is 30.4 Å². The van der Waals surface area contributed by atoms with E-state index >= 15 is 0 Å². The number of hydrogen-bond donors (Lipinski definition) is 0. The molecule has 0 radical (unpaired) electrons. The number of thioether (sulfide) groups is 1. The lowest BCUT2D eigenvalue weighted by Crippen LogP contribution is -2.03. The van der Waals surface area contributed by atoms with Crippen molar-refractivity contribution in [3.05, 3.63) is 35.9 Å². The number of hydrogen-bond acceptors (Lipinski definition) is 8. The summed E-state index contributed by atoms with van der Waals surface area (Å²) in [7, 11) is 0. The SMILES string of the molecule is Cc1nnc(CSc2nnnn2Cc2ccco2)o1. The van der Waals surface area contributed by atoms with Crippen molar-refractivity contribution >= 4 is 11.8 Å². The molecule has 0 aliphatic rings. The number of rotatable bonds is 5. The number of nitrogens with zero attached hydrogens (tertiary/aromatic N) is 6. The summed E-state index contributed by atoms with van der Waals surface area (Å²) in [6.07, 6.45) is 1.62. The first kappa shape index (κ1) is 11.9. The van der Waals surface area contributed by atoms with Crippen LogP contribution in [0.5, 0.6) is 0 Å². The summed E-state index contributed by atoms with van der Waals surface area (Å²) in [5.74, 6) is 2.42. The first-order valence-corrected chi connectivity index (χ1v) is 6.50. The number of aryl methyl sites for hydroxylation is 1. The van der Waals surface area contributed by atoms with Crippen LogP contribution in [0.4, 0.5) is 0 Å². The van der Waals surface area contributed by atoms with Crippen molar-refractivity contribution in [3.8, 4) is 0 Å². The maximum atomic E-state index is 5.29. The summed E-state index contributed by atoms with van der Waals surface area (Å²) >= 11 is 1.43. The fourth-order valence-electron chi connectivity index (χ4n) is 1.47. The summed E-state index contributed by atoms with van der Waals surface area (Å²) in [5, 5.41) is 19.9. The molecule has 0 spiro atoms. The zero-order chi connectivity index (χ0) is 13.1. The minimum absolute atomic E-state index is 0.491. The lowest BCUT2D eigenvalue weighted by Gasteiger charge is -2.00. The smallest absolute Gasteiger partial charge is 0.226 e. The summed E-state index contributed by atoms with van der Waals surface area (Å²) < 4.78 is 12.2. The molecule has 0 aromatic carbocycles. The maximum absolute atomic E-state index is 5.29. The van der Waals surface area contributed by atoms with Gasteiger partial charge in [0.15, 0.2) is 0 Å². The molecule has 0 aliphatic carbocycles. The largest absolute Gasteiger partial charge is 0.467 e. The fourth-order valence-corrected chi connectivity index (χ4v) is 2.18. The van der Waals surface area contributed by atoms with Crippen molar-refractivity contribution in [2.45, 2.75) is 24.4 Å². The Morgan fingerprint density at radius 2 is 2.26 bits per heavy atom. The molecular weight excluding hydrogens is 268 g/mol. The minimum atomic E-state index is 0.491. The van der Waals surface area contributed by atoms with Crippen molar-refractivity contribution < 1.29 is 8.83 Å². The second-order valence-electron chi connectivity index (χ2n) is 3.70. The Morgan fingerprint density at radius 3 is 3.00 bits per heavy atom. The monoisotopic (exact) mass is 278 g/mol. The van der Waals surface area contributed by atoms with Gasteiger partial charge in [-0.2, -0.15) is 0 Å². The molecule has 9 heteroatoms. The van der Waals surface area contributed by atoms with Gasteiger partial charge in [0.1, 0.15) is 12.3 Å². The Hall–Kier alpha value is -2.16. The zero-order valence-corrected chi connectivity index (χ0v) is 10.9. The second kappa shape index (κ2) is 5.22. The molecule has 0 saturated heterocycles. The predicted molar refractivity (Wildman–Crippen MR) is 64.2 cm³/mol. The third kappa shape index (κ3) is 2.81. The molecule has 3 rings (SSSR count). The van der Waals surface area contributed by atoms with Gasteiger partial charge in [-0.05, 0) is 22.6 Å². The van der Waals surface area contributed by atoms with Gasteiger partial charge in [-0.25, -0.2) is 4.68 Å². The van der Waals surface area contributed by atoms with Crippen LogP contribution in [0.15, 0.2) is 32.4 Å². The van der Waals surface area contributed by atoms with Gasteiger partial charge in [0, 0.05) is 6.92 Å². The maximum Gasteiger partial charge on any atom is 0.226 e. The van der Waals surface area contributed by atoms with E-state index in [4.69, 9.17) is 8.83 Å². The van der Waals surface area contributed by atoms with Crippen LogP contribution in [-0.2, 0) is 12.3 Å². The van der Waals surface area contributed by atoms with Crippen LogP contribution < -0.4 is 0 Å². The Morgan fingerprint density at radius 1 is 1.32 bits per heavy atom. The molecule has 0 fully saturated rings. The van der Waals surface area contributed by atoms with Gasteiger partial charge in [0.05, 0.1) is 12.0 Å². The third-order valence-electron chi connectivity index (χ3n) is 2.28. The molecule has 3 aromatic heterocycles. The fraction of sp³-hybridized carbons (Fsp3) is 0.300. The van der Waals surface area contributed by atoms with E-state index in [0.717, 1.165) is 5.76 Å². The van der Waals surface area contributed by atoms with Crippen LogP contribution in [0, 0.1) is 6.92 Å². The van der Waals surface area contributed by atoms with Gasteiger partial charge in [0.2, 0.25) is 16.9 Å². The van der Waals surface area contributed by atoms with Crippen molar-refractivity contribution in [1.29, 1.82) is 0 Å². The van der Waals surface area contributed by atoms with E-state index in [0.29, 0.717) is 29.2 Å². The van der Waals surface area contributed by atoms with Gasteiger partial charge in [0.25, 0.3) is 0 Å². The Kier molecular flexibility index (Phi) is 3.27. The average molecular weight is 278 g/mol. The van der Waals surface area contributed by atoms with Crippen LogP contribution in [0.1, 0.15) is 17.5 Å². The van der Waals surface area contributed by atoms with Crippen molar-refractivity contribution in [1.82, 2.24) is 30.4 Å². The van der Waals surface area contributed by atoms with Gasteiger partial charge in [-0.15, -0.1) is 15.3 Å². The lowest BCUT2D eigenvalue weighted by atomic mass is 10.4. The Bertz CT molecular complexity index is 647. The van der Waals surface area contributed by atoms with Crippen LogP contribution in [0.3, 0.4) is 0 Å².